The van der Waals surface area contributed by atoms with E-state index in [2.05, 4.69) is 14.9 Å². The lowest BCUT2D eigenvalue weighted by atomic mass is 9.98. The number of nitrogens with zero attached hydrogens (tertiary/aromatic N) is 2. The molecule has 0 saturated carbocycles. The highest BCUT2D eigenvalue weighted by atomic mass is 19.4. The van der Waals surface area contributed by atoms with E-state index in [1.807, 2.05) is 13.8 Å². The maximum absolute atomic E-state index is 12.8. The second kappa shape index (κ2) is 9.15. The predicted octanol–water partition coefficient (Wildman–Crippen LogP) is 7.06. The van der Waals surface area contributed by atoms with Gasteiger partial charge in [-0.25, -0.2) is 0 Å². The van der Waals surface area contributed by atoms with Crippen LogP contribution in [-0.2, 0) is 6.18 Å². The van der Waals surface area contributed by atoms with E-state index < -0.39 is 23.9 Å². The van der Waals surface area contributed by atoms with E-state index in [4.69, 9.17) is 0 Å². The Morgan fingerprint density at radius 2 is 1.27 bits per heavy atom. The molecule has 0 bridgehead atoms. The second-order valence-corrected chi connectivity index (χ2v) is 5.90. The topological polar surface area (TPSA) is 35.0 Å². The van der Waals surface area contributed by atoms with Gasteiger partial charge in [-0.1, -0.05) is 26.0 Å². The molecular weight excluding hydrogens is 410 g/mol. The summed E-state index contributed by atoms with van der Waals surface area (Å²) in [6.07, 6.45) is -9.27. The van der Waals surface area contributed by atoms with Crippen molar-refractivity contribution in [2.24, 2.45) is 0 Å². The van der Waals surface area contributed by atoms with Crippen LogP contribution >= 0.6 is 0 Å². The molecule has 0 aliphatic rings. The van der Waals surface area contributed by atoms with E-state index in [-0.39, 0.29) is 0 Å². The molecule has 0 fully saturated rings. The predicted molar refractivity (Wildman–Crippen MR) is 101 cm³/mol. The summed E-state index contributed by atoms with van der Waals surface area (Å²) in [6.45, 7) is 5.67. The summed E-state index contributed by atoms with van der Waals surface area (Å²) in [5.74, 6) is -0.396. The first-order chi connectivity index (χ1) is 14.0. The first-order valence-electron chi connectivity index (χ1n) is 8.91. The van der Waals surface area contributed by atoms with Crippen molar-refractivity contribution in [2.75, 3.05) is 0 Å². The summed E-state index contributed by atoms with van der Waals surface area (Å²) >= 11 is 0. The lowest BCUT2D eigenvalue weighted by Gasteiger charge is -2.12. The van der Waals surface area contributed by atoms with Crippen LogP contribution in [0.15, 0.2) is 54.6 Å². The first kappa shape index (κ1) is 23.2. The lowest BCUT2D eigenvalue weighted by Crippen LogP contribution is -2.16. The van der Waals surface area contributed by atoms with Crippen LogP contribution in [0.4, 0.5) is 26.3 Å². The maximum atomic E-state index is 12.8. The van der Waals surface area contributed by atoms with Crippen LogP contribution < -0.4 is 4.74 Å². The number of aromatic nitrogens is 2. The summed E-state index contributed by atoms with van der Waals surface area (Å²) in [7, 11) is 0. The molecule has 9 heteroatoms. The minimum absolute atomic E-state index is 0.323. The summed E-state index contributed by atoms with van der Waals surface area (Å²) < 4.78 is 79.0. The van der Waals surface area contributed by atoms with Crippen molar-refractivity contribution in [1.29, 1.82) is 0 Å². The van der Waals surface area contributed by atoms with Crippen LogP contribution in [0.5, 0.6) is 5.75 Å². The van der Waals surface area contributed by atoms with E-state index in [0.717, 1.165) is 24.3 Å². The maximum Gasteiger partial charge on any atom is 0.573 e. The zero-order valence-electron chi connectivity index (χ0n) is 16.3. The molecule has 0 N–H and O–H groups in total. The van der Waals surface area contributed by atoms with Crippen molar-refractivity contribution in [1.82, 2.24) is 10.2 Å². The molecule has 0 radical (unpaired) electrons. The molecule has 3 nitrogen and oxygen atoms in total. The standard InChI is InChI=1S/C19H12F6N2O.C2H6/c1-11-10-16(12-2-6-14(7-3-12)18(20,21)22)17(27-26-11)13-4-8-15(9-5-13)28-19(23,24)25;1-2/h2-10H,1H3;1-2H3. The van der Waals surface area contributed by atoms with Gasteiger partial charge in [0, 0.05) is 11.1 Å². The van der Waals surface area contributed by atoms with E-state index >= 15 is 0 Å². The molecular formula is C21H18F6N2O. The minimum atomic E-state index is -4.81. The number of hydrogen-bond donors (Lipinski definition) is 0. The SMILES string of the molecule is CC.Cc1cc(-c2ccc(C(F)(F)F)cc2)c(-c2ccc(OC(F)(F)F)cc2)nn1. The average Bonchev–Trinajstić information content (AvgIpc) is 2.68. The Balaban J connectivity index is 0.00000155. The molecule has 1 aromatic heterocycles. The van der Waals surface area contributed by atoms with Crippen LogP contribution in [0, 0.1) is 6.92 Å². The molecule has 0 spiro atoms. The smallest absolute Gasteiger partial charge is 0.406 e. The largest absolute Gasteiger partial charge is 0.573 e. The van der Waals surface area contributed by atoms with Gasteiger partial charge in [0.2, 0.25) is 0 Å². The highest BCUT2D eigenvalue weighted by Gasteiger charge is 2.31. The minimum Gasteiger partial charge on any atom is -0.406 e. The zero-order chi connectivity index (χ0) is 22.5. The number of rotatable bonds is 3. The van der Waals surface area contributed by atoms with Gasteiger partial charge >= 0.3 is 12.5 Å². The summed E-state index contributed by atoms with van der Waals surface area (Å²) in [6, 6.07) is 11.2. The van der Waals surface area contributed by atoms with Crippen LogP contribution in [0.25, 0.3) is 22.4 Å². The first-order valence-corrected chi connectivity index (χ1v) is 8.91. The highest BCUT2D eigenvalue weighted by Crippen LogP contribution is 2.35. The van der Waals surface area contributed by atoms with Crippen LogP contribution in [0.2, 0.25) is 0 Å². The third-order valence-corrected chi connectivity index (χ3v) is 3.80. The van der Waals surface area contributed by atoms with Crippen LogP contribution in [0.3, 0.4) is 0 Å². The molecule has 0 amide bonds. The molecule has 0 atom stereocenters. The normalized spacial score (nSPS) is 11.5. The van der Waals surface area contributed by atoms with Gasteiger partial charge in [0.1, 0.15) is 11.4 Å². The van der Waals surface area contributed by atoms with Crippen molar-refractivity contribution in [3.05, 3.63) is 65.9 Å². The van der Waals surface area contributed by atoms with E-state index in [0.29, 0.717) is 28.1 Å². The molecule has 0 aliphatic carbocycles. The van der Waals surface area contributed by atoms with Crippen LogP contribution in [-0.4, -0.2) is 16.6 Å². The zero-order valence-corrected chi connectivity index (χ0v) is 16.3. The number of ether oxygens (including phenoxy) is 1. The van der Waals surface area contributed by atoms with Gasteiger partial charge < -0.3 is 4.74 Å². The van der Waals surface area contributed by atoms with Crippen LogP contribution in [0.1, 0.15) is 25.1 Å². The van der Waals surface area contributed by atoms with Gasteiger partial charge in [-0.3, -0.25) is 0 Å². The number of halogens is 6. The molecule has 3 rings (SSSR count). The van der Waals surface area contributed by atoms with E-state index in [1.165, 1.54) is 24.3 Å². The molecule has 3 aromatic rings. The molecule has 30 heavy (non-hydrogen) atoms. The van der Waals surface area contributed by atoms with Crippen molar-refractivity contribution >= 4 is 0 Å². The Labute approximate surface area is 169 Å². The van der Waals surface area contributed by atoms with Gasteiger partial charge in [-0.2, -0.15) is 18.3 Å². The Morgan fingerprint density at radius 3 is 1.77 bits per heavy atom. The van der Waals surface area contributed by atoms with Gasteiger partial charge in [-0.15, -0.1) is 18.3 Å². The highest BCUT2D eigenvalue weighted by molar-refractivity contribution is 5.80. The molecule has 2 aromatic carbocycles. The fourth-order valence-corrected chi connectivity index (χ4v) is 2.58. The monoisotopic (exact) mass is 428 g/mol. The molecule has 160 valence electrons. The third-order valence-electron chi connectivity index (χ3n) is 3.80. The number of benzene rings is 2. The number of alkyl halides is 6. The summed E-state index contributed by atoms with van der Waals surface area (Å²) in [5.41, 5.74) is 1.49. The second-order valence-electron chi connectivity index (χ2n) is 5.90. The average molecular weight is 428 g/mol. The lowest BCUT2D eigenvalue weighted by molar-refractivity contribution is -0.274. The van der Waals surface area contributed by atoms with Gasteiger partial charge in [-0.05, 0) is 55.0 Å². The van der Waals surface area contributed by atoms with Crippen molar-refractivity contribution in [2.45, 2.75) is 33.3 Å². The number of aryl methyl sites for hydroxylation is 1. The Kier molecular flexibility index (Phi) is 7.07. The fourth-order valence-electron chi connectivity index (χ4n) is 2.58. The summed E-state index contributed by atoms with van der Waals surface area (Å²) in [4.78, 5) is 0. The number of hydrogen-bond acceptors (Lipinski definition) is 3. The fraction of sp³-hybridized carbons (Fsp3) is 0.238. The van der Waals surface area contributed by atoms with E-state index in [1.54, 1.807) is 13.0 Å². The van der Waals surface area contributed by atoms with Gasteiger partial charge in [0.25, 0.3) is 0 Å². The van der Waals surface area contributed by atoms with Gasteiger partial charge in [0.05, 0.1) is 11.3 Å². The molecule has 0 saturated heterocycles. The third kappa shape index (κ3) is 5.95. The Bertz CT molecular complexity index is 965. The van der Waals surface area contributed by atoms with Gasteiger partial charge in [0.15, 0.2) is 0 Å². The summed E-state index contributed by atoms with van der Waals surface area (Å²) in [5, 5.41) is 8.00. The molecule has 0 aliphatic heterocycles. The van der Waals surface area contributed by atoms with E-state index in [9.17, 15) is 26.3 Å². The van der Waals surface area contributed by atoms with Crippen molar-refractivity contribution < 1.29 is 31.1 Å². The Hall–Kier alpha value is -3.10. The Morgan fingerprint density at radius 1 is 0.733 bits per heavy atom. The van der Waals surface area contributed by atoms with Crippen molar-refractivity contribution in [3.63, 3.8) is 0 Å². The quantitative estimate of drug-likeness (QED) is 0.419. The molecule has 0 unspecified atom stereocenters. The van der Waals surface area contributed by atoms with Crippen molar-refractivity contribution in [3.8, 4) is 28.1 Å². The molecule has 1 heterocycles.